The van der Waals surface area contributed by atoms with Crippen molar-refractivity contribution in [3.05, 3.63) is 35.6 Å². The molecule has 1 aliphatic heterocycles. The smallest absolute Gasteiger partial charge is 0.404 e. The van der Waals surface area contributed by atoms with Crippen LogP contribution in [0.1, 0.15) is 37.7 Å². The van der Waals surface area contributed by atoms with Crippen LogP contribution in [-0.4, -0.2) is 41.1 Å². The number of benzene rings is 1. The lowest BCUT2D eigenvalue weighted by molar-refractivity contribution is -0.134. The molecule has 0 bridgehead atoms. The van der Waals surface area contributed by atoms with E-state index in [1.807, 2.05) is 4.90 Å². The lowest BCUT2D eigenvalue weighted by Crippen LogP contribution is -2.54. The van der Waals surface area contributed by atoms with Crippen molar-refractivity contribution in [3.8, 4) is 0 Å². The molecule has 3 unspecified atom stereocenters. The van der Waals surface area contributed by atoms with E-state index < -0.39 is 6.09 Å². The maximum absolute atomic E-state index is 12.9. The highest BCUT2D eigenvalue weighted by atomic mass is 19.1. The summed E-state index contributed by atoms with van der Waals surface area (Å²) in [6.45, 7) is 1.39. The molecule has 2 aliphatic rings. The Hall–Kier alpha value is -2.11. The first-order valence-electron chi connectivity index (χ1n) is 9.04. The number of aryl methyl sites for hydroxylation is 1. The van der Waals surface area contributed by atoms with E-state index in [1.165, 1.54) is 12.1 Å². The Morgan fingerprint density at radius 3 is 2.68 bits per heavy atom. The second-order valence-corrected chi connectivity index (χ2v) is 7.17. The van der Waals surface area contributed by atoms with Crippen LogP contribution in [0.4, 0.5) is 9.18 Å². The Morgan fingerprint density at radius 2 is 1.96 bits per heavy atom. The van der Waals surface area contributed by atoms with Gasteiger partial charge < -0.3 is 15.3 Å². The number of nitrogens with zero attached hydrogens (tertiary/aromatic N) is 1. The Balaban J connectivity index is 1.56. The van der Waals surface area contributed by atoms with E-state index in [2.05, 4.69) is 5.32 Å². The minimum absolute atomic E-state index is 0.0519. The zero-order valence-corrected chi connectivity index (χ0v) is 14.3. The molecule has 6 heteroatoms. The largest absolute Gasteiger partial charge is 0.465 e. The number of hydrogen-bond acceptors (Lipinski definition) is 2. The summed E-state index contributed by atoms with van der Waals surface area (Å²) in [7, 11) is 0. The Labute approximate surface area is 147 Å². The number of carboxylic acid groups (broad SMARTS) is 1. The Morgan fingerprint density at radius 1 is 1.20 bits per heavy atom. The third kappa shape index (κ3) is 4.50. The van der Waals surface area contributed by atoms with Gasteiger partial charge in [-0.25, -0.2) is 9.18 Å². The molecule has 1 heterocycles. The van der Waals surface area contributed by atoms with E-state index in [1.54, 1.807) is 12.1 Å². The summed E-state index contributed by atoms with van der Waals surface area (Å²) in [5, 5.41) is 11.7. The molecular weight excluding hydrogens is 323 g/mol. The topological polar surface area (TPSA) is 69.6 Å². The van der Waals surface area contributed by atoms with Gasteiger partial charge >= 0.3 is 6.09 Å². The van der Waals surface area contributed by atoms with Crippen LogP contribution in [0.25, 0.3) is 0 Å². The van der Waals surface area contributed by atoms with Crippen molar-refractivity contribution in [2.24, 2.45) is 11.8 Å². The van der Waals surface area contributed by atoms with Crippen LogP contribution < -0.4 is 5.32 Å². The van der Waals surface area contributed by atoms with Gasteiger partial charge in [-0.05, 0) is 55.2 Å². The molecule has 25 heavy (non-hydrogen) atoms. The van der Waals surface area contributed by atoms with Gasteiger partial charge in [-0.3, -0.25) is 4.79 Å². The highest BCUT2D eigenvalue weighted by molar-refractivity contribution is 5.76. The highest BCUT2D eigenvalue weighted by Crippen LogP contribution is 2.36. The lowest BCUT2D eigenvalue weighted by Gasteiger charge is -2.45. The van der Waals surface area contributed by atoms with Crippen LogP contribution in [0.5, 0.6) is 0 Å². The maximum Gasteiger partial charge on any atom is 0.404 e. The van der Waals surface area contributed by atoms with Gasteiger partial charge in [0.1, 0.15) is 5.82 Å². The van der Waals surface area contributed by atoms with E-state index in [-0.39, 0.29) is 23.7 Å². The van der Waals surface area contributed by atoms with E-state index >= 15 is 0 Å². The molecule has 0 spiro atoms. The van der Waals surface area contributed by atoms with E-state index in [0.29, 0.717) is 25.3 Å². The first-order chi connectivity index (χ1) is 12.0. The van der Waals surface area contributed by atoms with Gasteiger partial charge in [0.05, 0.1) is 0 Å². The molecule has 2 N–H and O–H groups in total. The Bertz CT molecular complexity index is 620. The second-order valence-electron chi connectivity index (χ2n) is 7.17. The molecule has 1 aromatic carbocycles. The minimum atomic E-state index is -0.981. The van der Waals surface area contributed by atoms with Crippen molar-refractivity contribution in [3.63, 3.8) is 0 Å². The third-order valence-corrected chi connectivity index (χ3v) is 5.62. The van der Waals surface area contributed by atoms with Crippen LogP contribution >= 0.6 is 0 Å². The number of carbonyl (C=O) groups excluding carboxylic acids is 1. The van der Waals surface area contributed by atoms with Gasteiger partial charge in [0.2, 0.25) is 5.91 Å². The fourth-order valence-electron chi connectivity index (χ4n) is 4.28. The third-order valence-electron chi connectivity index (χ3n) is 5.62. The van der Waals surface area contributed by atoms with Crippen molar-refractivity contribution in [2.75, 3.05) is 13.1 Å². The van der Waals surface area contributed by atoms with Gasteiger partial charge in [0.25, 0.3) is 0 Å². The fourth-order valence-corrected chi connectivity index (χ4v) is 4.28. The summed E-state index contributed by atoms with van der Waals surface area (Å²) in [5.74, 6) is 0.550. The molecule has 1 aromatic rings. The second kappa shape index (κ2) is 7.85. The van der Waals surface area contributed by atoms with Gasteiger partial charge in [0.15, 0.2) is 0 Å². The van der Waals surface area contributed by atoms with Crippen LogP contribution in [0.2, 0.25) is 0 Å². The molecule has 136 valence electrons. The predicted molar refractivity (Wildman–Crippen MR) is 91.7 cm³/mol. The molecule has 1 saturated carbocycles. The number of halogens is 1. The highest BCUT2D eigenvalue weighted by Gasteiger charge is 2.39. The summed E-state index contributed by atoms with van der Waals surface area (Å²) < 4.78 is 12.9. The van der Waals surface area contributed by atoms with Gasteiger partial charge in [-0.2, -0.15) is 0 Å². The predicted octanol–water partition coefficient (Wildman–Crippen LogP) is 3.04. The molecule has 1 aliphatic carbocycles. The summed E-state index contributed by atoms with van der Waals surface area (Å²) in [6, 6.07) is 6.19. The quantitative estimate of drug-likeness (QED) is 0.879. The molecule has 3 atom stereocenters. The summed E-state index contributed by atoms with van der Waals surface area (Å²) in [4.78, 5) is 25.5. The van der Waals surface area contributed by atoms with Crippen molar-refractivity contribution in [1.29, 1.82) is 0 Å². The summed E-state index contributed by atoms with van der Waals surface area (Å²) in [5.41, 5.74) is 0.952. The van der Waals surface area contributed by atoms with Crippen molar-refractivity contribution >= 4 is 12.0 Å². The lowest BCUT2D eigenvalue weighted by atomic mass is 9.72. The number of rotatable bonds is 4. The van der Waals surface area contributed by atoms with Crippen LogP contribution in [0.3, 0.4) is 0 Å². The average Bonchev–Trinajstić information content (AvgIpc) is 2.60. The van der Waals surface area contributed by atoms with Crippen molar-refractivity contribution in [1.82, 2.24) is 10.2 Å². The molecule has 0 radical (unpaired) electrons. The van der Waals surface area contributed by atoms with Crippen LogP contribution in [-0.2, 0) is 11.2 Å². The van der Waals surface area contributed by atoms with Crippen molar-refractivity contribution in [2.45, 2.75) is 44.6 Å². The van der Waals surface area contributed by atoms with Gasteiger partial charge in [0, 0.05) is 25.6 Å². The number of piperidine rings is 1. The normalized spacial score (nSPS) is 26.0. The van der Waals surface area contributed by atoms with E-state index in [4.69, 9.17) is 5.11 Å². The molecular formula is C19H25FN2O3. The first kappa shape index (κ1) is 17.7. The standard InChI is InChI=1S/C19H25FN2O3/c20-15-7-4-13(5-8-15)6-9-18(23)22-11-10-14-2-1-3-17(16(14)12-22)21-19(24)25/h4-5,7-8,14,16-17,21H,1-3,6,9-12H2,(H,24,25). The van der Waals surface area contributed by atoms with Crippen molar-refractivity contribution < 1.29 is 19.1 Å². The molecule has 2 amide bonds. The molecule has 0 aromatic heterocycles. The van der Waals surface area contributed by atoms with E-state index in [0.717, 1.165) is 37.8 Å². The number of fused-ring (bicyclic) bond motifs is 1. The average molecular weight is 348 g/mol. The van der Waals surface area contributed by atoms with Gasteiger partial charge in [-0.15, -0.1) is 0 Å². The molecule has 3 rings (SSSR count). The first-order valence-corrected chi connectivity index (χ1v) is 9.04. The fraction of sp³-hybridized carbons (Fsp3) is 0.579. The Kier molecular flexibility index (Phi) is 5.56. The van der Waals surface area contributed by atoms with Crippen LogP contribution in [0.15, 0.2) is 24.3 Å². The maximum atomic E-state index is 12.9. The van der Waals surface area contributed by atoms with Crippen LogP contribution in [0, 0.1) is 17.7 Å². The van der Waals surface area contributed by atoms with E-state index in [9.17, 15) is 14.0 Å². The SMILES string of the molecule is O=C(O)NC1CCCC2CCN(C(=O)CCc3ccc(F)cc3)CC21. The molecule has 1 saturated heterocycles. The summed E-state index contributed by atoms with van der Waals surface area (Å²) in [6.07, 6.45) is 3.99. The monoisotopic (exact) mass is 348 g/mol. The molecule has 5 nitrogen and oxygen atoms in total. The minimum Gasteiger partial charge on any atom is -0.465 e. The number of carbonyl (C=O) groups is 2. The van der Waals surface area contributed by atoms with Gasteiger partial charge in [-0.1, -0.05) is 18.6 Å². The number of nitrogens with one attached hydrogen (secondary N) is 1. The zero-order chi connectivity index (χ0) is 17.8. The number of hydrogen-bond donors (Lipinski definition) is 2. The number of likely N-dealkylation sites (tertiary alicyclic amines) is 1. The molecule has 2 fully saturated rings. The zero-order valence-electron chi connectivity index (χ0n) is 14.3. The number of amides is 2. The summed E-state index contributed by atoms with van der Waals surface area (Å²) >= 11 is 0.